The van der Waals surface area contributed by atoms with E-state index in [2.05, 4.69) is 15.9 Å². The van der Waals surface area contributed by atoms with Gasteiger partial charge in [-0.1, -0.05) is 6.92 Å². The number of Topliss-reactive ketones (excluding diaryl/α,β-unsaturated/α-hetero) is 1. The molecule has 2 nitrogen and oxygen atoms in total. The zero-order chi connectivity index (χ0) is 9.14. The molecule has 1 unspecified atom stereocenters. The number of nitrogens with two attached hydrogens (primary N) is 1. The molecule has 0 aliphatic carbocycles. The number of carbonyl (C=O) groups is 1. The lowest BCUT2D eigenvalue weighted by Gasteiger charge is -2.03. The fourth-order valence-corrected chi connectivity index (χ4v) is 2.27. The molecule has 1 atom stereocenters. The van der Waals surface area contributed by atoms with Crippen molar-refractivity contribution in [1.82, 2.24) is 0 Å². The molecule has 0 aromatic carbocycles. The minimum absolute atomic E-state index is 0.0736. The van der Waals surface area contributed by atoms with Gasteiger partial charge in [-0.25, -0.2) is 0 Å². The summed E-state index contributed by atoms with van der Waals surface area (Å²) in [6.07, 6.45) is 0. The Hall–Kier alpha value is -0.190. The van der Waals surface area contributed by atoms with Gasteiger partial charge in [0.2, 0.25) is 0 Å². The lowest BCUT2D eigenvalue weighted by atomic mass is 10.1. The minimum Gasteiger partial charge on any atom is -0.330 e. The van der Waals surface area contributed by atoms with Crippen LogP contribution in [0.15, 0.2) is 15.9 Å². The monoisotopic (exact) mass is 247 g/mol. The molecule has 4 heteroatoms. The van der Waals surface area contributed by atoms with Crippen molar-refractivity contribution in [1.29, 1.82) is 0 Å². The van der Waals surface area contributed by atoms with E-state index in [4.69, 9.17) is 5.73 Å². The number of hydrogen-bond acceptors (Lipinski definition) is 3. The molecule has 1 aromatic heterocycles. The normalized spacial score (nSPS) is 12.9. The van der Waals surface area contributed by atoms with Gasteiger partial charge in [0, 0.05) is 22.3 Å². The fourth-order valence-electron chi connectivity index (χ4n) is 0.792. The summed E-state index contributed by atoms with van der Waals surface area (Å²) in [6.45, 7) is 2.25. The van der Waals surface area contributed by atoms with Crippen LogP contribution in [0, 0.1) is 5.92 Å². The van der Waals surface area contributed by atoms with Crippen LogP contribution < -0.4 is 5.73 Å². The number of hydrogen-bond donors (Lipinski definition) is 1. The molecular formula is C8H10BrNOS. The smallest absolute Gasteiger partial charge is 0.176 e. The van der Waals surface area contributed by atoms with Crippen LogP contribution in [0.2, 0.25) is 0 Å². The largest absolute Gasteiger partial charge is 0.330 e. The summed E-state index contributed by atoms with van der Waals surface area (Å²) in [6, 6.07) is 1.83. The molecule has 0 radical (unpaired) electrons. The van der Waals surface area contributed by atoms with E-state index in [0.29, 0.717) is 6.54 Å². The Morgan fingerprint density at radius 1 is 1.83 bits per heavy atom. The second-order valence-electron chi connectivity index (χ2n) is 2.63. The van der Waals surface area contributed by atoms with Gasteiger partial charge in [0.1, 0.15) is 0 Å². The van der Waals surface area contributed by atoms with E-state index in [0.717, 1.165) is 9.35 Å². The SMILES string of the molecule is CC(CN)C(=O)c1cc(Br)cs1. The summed E-state index contributed by atoms with van der Waals surface area (Å²) >= 11 is 4.75. The molecule has 0 aliphatic rings. The van der Waals surface area contributed by atoms with Crippen molar-refractivity contribution >= 4 is 33.0 Å². The molecule has 66 valence electrons. The Kier molecular flexibility index (Phi) is 3.43. The molecule has 0 fully saturated rings. The van der Waals surface area contributed by atoms with Crippen LogP contribution in [0.3, 0.4) is 0 Å². The first-order valence-electron chi connectivity index (χ1n) is 3.63. The van der Waals surface area contributed by atoms with Crippen LogP contribution in [0.25, 0.3) is 0 Å². The summed E-state index contributed by atoms with van der Waals surface area (Å²) in [7, 11) is 0. The highest BCUT2D eigenvalue weighted by molar-refractivity contribution is 9.10. The Bertz CT molecular complexity index is 284. The molecule has 1 aromatic rings. The maximum atomic E-state index is 11.5. The maximum absolute atomic E-state index is 11.5. The van der Waals surface area contributed by atoms with Crippen molar-refractivity contribution in [2.75, 3.05) is 6.54 Å². The van der Waals surface area contributed by atoms with Crippen molar-refractivity contribution in [3.8, 4) is 0 Å². The van der Waals surface area contributed by atoms with Crippen LogP contribution in [0.4, 0.5) is 0 Å². The third-order valence-corrected chi connectivity index (χ3v) is 3.32. The topological polar surface area (TPSA) is 43.1 Å². The van der Waals surface area contributed by atoms with Crippen molar-refractivity contribution in [2.45, 2.75) is 6.92 Å². The van der Waals surface area contributed by atoms with Crippen LogP contribution in [-0.2, 0) is 0 Å². The average molecular weight is 248 g/mol. The van der Waals surface area contributed by atoms with Gasteiger partial charge in [-0.2, -0.15) is 0 Å². The molecule has 0 bridgehead atoms. The first kappa shape index (κ1) is 9.89. The second kappa shape index (κ2) is 4.16. The summed E-state index contributed by atoms with van der Waals surface area (Å²) in [5, 5.41) is 1.90. The zero-order valence-electron chi connectivity index (χ0n) is 6.71. The van der Waals surface area contributed by atoms with E-state index in [9.17, 15) is 4.79 Å². The lowest BCUT2D eigenvalue weighted by Crippen LogP contribution is -2.19. The van der Waals surface area contributed by atoms with Gasteiger partial charge in [-0.05, 0) is 22.0 Å². The molecule has 1 rings (SSSR count). The van der Waals surface area contributed by atoms with Crippen molar-refractivity contribution in [2.24, 2.45) is 11.7 Å². The third kappa shape index (κ3) is 2.15. The first-order chi connectivity index (χ1) is 5.65. The van der Waals surface area contributed by atoms with Crippen LogP contribution in [0.1, 0.15) is 16.6 Å². The highest BCUT2D eigenvalue weighted by Gasteiger charge is 2.14. The van der Waals surface area contributed by atoms with Gasteiger partial charge in [0.25, 0.3) is 0 Å². The number of thiophene rings is 1. The van der Waals surface area contributed by atoms with E-state index >= 15 is 0 Å². The van der Waals surface area contributed by atoms with Crippen LogP contribution in [-0.4, -0.2) is 12.3 Å². The standard InChI is InChI=1S/C8H10BrNOS/c1-5(3-10)8(11)7-2-6(9)4-12-7/h2,4-5H,3,10H2,1H3. The molecule has 1 heterocycles. The molecule has 12 heavy (non-hydrogen) atoms. The number of halogens is 1. The molecule has 0 saturated heterocycles. The Labute approximate surface area is 83.9 Å². The maximum Gasteiger partial charge on any atom is 0.176 e. The van der Waals surface area contributed by atoms with Crippen molar-refractivity contribution in [3.63, 3.8) is 0 Å². The number of ketones is 1. The van der Waals surface area contributed by atoms with E-state index in [1.54, 1.807) is 0 Å². The van der Waals surface area contributed by atoms with Gasteiger partial charge >= 0.3 is 0 Å². The number of rotatable bonds is 3. The summed E-state index contributed by atoms with van der Waals surface area (Å²) in [5.74, 6) is 0.0590. The third-order valence-electron chi connectivity index (χ3n) is 1.61. The zero-order valence-corrected chi connectivity index (χ0v) is 9.11. The van der Waals surface area contributed by atoms with Crippen LogP contribution >= 0.6 is 27.3 Å². The van der Waals surface area contributed by atoms with Crippen LogP contribution in [0.5, 0.6) is 0 Å². The van der Waals surface area contributed by atoms with E-state index in [-0.39, 0.29) is 11.7 Å². The van der Waals surface area contributed by atoms with Crippen molar-refractivity contribution in [3.05, 3.63) is 20.8 Å². The Morgan fingerprint density at radius 3 is 2.92 bits per heavy atom. The lowest BCUT2D eigenvalue weighted by molar-refractivity contribution is 0.0938. The minimum atomic E-state index is -0.0736. The van der Waals surface area contributed by atoms with Gasteiger partial charge in [0.05, 0.1) is 4.88 Å². The van der Waals surface area contributed by atoms with E-state index in [1.807, 2.05) is 18.4 Å². The molecular weight excluding hydrogens is 238 g/mol. The second-order valence-corrected chi connectivity index (χ2v) is 4.46. The summed E-state index contributed by atoms with van der Waals surface area (Å²) in [4.78, 5) is 12.3. The van der Waals surface area contributed by atoms with E-state index in [1.165, 1.54) is 11.3 Å². The van der Waals surface area contributed by atoms with Gasteiger partial charge in [-0.15, -0.1) is 11.3 Å². The fraction of sp³-hybridized carbons (Fsp3) is 0.375. The molecule has 2 N–H and O–H groups in total. The highest BCUT2D eigenvalue weighted by Crippen LogP contribution is 2.22. The molecule has 0 saturated carbocycles. The van der Waals surface area contributed by atoms with Gasteiger partial charge < -0.3 is 5.73 Å². The molecule has 0 aliphatic heterocycles. The summed E-state index contributed by atoms with van der Waals surface area (Å²) < 4.78 is 0.958. The average Bonchev–Trinajstić information content (AvgIpc) is 2.49. The highest BCUT2D eigenvalue weighted by atomic mass is 79.9. The Balaban J connectivity index is 2.78. The molecule has 0 spiro atoms. The van der Waals surface area contributed by atoms with Gasteiger partial charge in [0.15, 0.2) is 5.78 Å². The quantitative estimate of drug-likeness (QED) is 0.834. The van der Waals surface area contributed by atoms with Crippen molar-refractivity contribution < 1.29 is 4.79 Å². The molecule has 0 amide bonds. The first-order valence-corrected chi connectivity index (χ1v) is 5.30. The summed E-state index contributed by atoms with van der Waals surface area (Å²) in [5.41, 5.74) is 5.39. The van der Waals surface area contributed by atoms with Gasteiger partial charge in [-0.3, -0.25) is 4.79 Å². The van der Waals surface area contributed by atoms with E-state index < -0.39 is 0 Å². The predicted octanol–water partition coefficient (Wildman–Crippen LogP) is 2.29. The predicted molar refractivity (Wildman–Crippen MR) is 54.6 cm³/mol. The number of carbonyl (C=O) groups excluding carboxylic acids is 1. The Morgan fingerprint density at radius 2 is 2.50 bits per heavy atom.